The number of nitrogens with zero attached hydrogens (tertiary/aromatic N) is 1. The van der Waals surface area contributed by atoms with E-state index in [-0.39, 0.29) is 16.6 Å². The first-order valence-corrected chi connectivity index (χ1v) is 6.83. The first-order valence-electron chi connectivity index (χ1n) is 6.04. The van der Waals surface area contributed by atoms with Crippen LogP contribution < -0.4 is 5.32 Å². The van der Waals surface area contributed by atoms with Gasteiger partial charge in [-0.2, -0.15) is 0 Å². The fourth-order valence-corrected chi connectivity index (χ4v) is 2.64. The Balaban J connectivity index is 2.40. The highest BCUT2D eigenvalue weighted by Gasteiger charge is 2.37. The number of carbonyl (C=O) groups excluding carboxylic acids is 3. The molecule has 0 saturated carbocycles. The summed E-state index contributed by atoms with van der Waals surface area (Å²) in [5, 5.41) is 2.17. The van der Waals surface area contributed by atoms with Crippen molar-refractivity contribution in [2.24, 2.45) is 0 Å². The molecule has 1 atom stereocenters. The van der Waals surface area contributed by atoms with E-state index < -0.39 is 29.6 Å². The molecule has 1 aromatic rings. The number of imide groups is 1. The lowest BCUT2D eigenvalue weighted by atomic mass is 10.1. The largest absolute Gasteiger partial charge is 0.317 e. The van der Waals surface area contributed by atoms with Crippen LogP contribution in [0.5, 0.6) is 0 Å². The van der Waals surface area contributed by atoms with E-state index in [0.717, 1.165) is 11.0 Å². The SMILES string of the molecule is CCC1C(=O)NC(=O)CN1C(=O)c1c(F)cccc1Br. The van der Waals surface area contributed by atoms with E-state index in [2.05, 4.69) is 21.2 Å². The number of hydrogen-bond donors (Lipinski definition) is 1. The standard InChI is InChI=1S/C13H12BrFN2O3/c1-2-9-12(19)16-10(18)6-17(9)13(20)11-7(14)4-3-5-8(11)15/h3-5,9H,2,6H2,1H3,(H,16,18,19). The molecule has 0 aromatic heterocycles. The Labute approximate surface area is 123 Å². The molecule has 1 N–H and O–H groups in total. The van der Waals surface area contributed by atoms with Crippen LogP contribution in [0.25, 0.3) is 0 Å². The van der Waals surface area contributed by atoms with Gasteiger partial charge in [-0.3, -0.25) is 19.7 Å². The van der Waals surface area contributed by atoms with Crippen molar-refractivity contribution < 1.29 is 18.8 Å². The quantitative estimate of drug-likeness (QED) is 0.827. The van der Waals surface area contributed by atoms with E-state index in [9.17, 15) is 18.8 Å². The highest BCUT2D eigenvalue weighted by Crippen LogP contribution is 2.23. The number of benzene rings is 1. The average Bonchev–Trinajstić information content (AvgIpc) is 2.37. The minimum absolute atomic E-state index is 0.173. The molecular weight excluding hydrogens is 331 g/mol. The zero-order chi connectivity index (χ0) is 14.9. The molecule has 7 heteroatoms. The summed E-state index contributed by atoms with van der Waals surface area (Å²) >= 11 is 3.11. The van der Waals surface area contributed by atoms with Gasteiger partial charge in [0.25, 0.3) is 5.91 Å². The summed E-state index contributed by atoms with van der Waals surface area (Å²) in [5.74, 6) is -2.48. The summed E-state index contributed by atoms with van der Waals surface area (Å²) in [5.41, 5.74) is -0.173. The molecule has 5 nitrogen and oxygen atoms in total. The number of carbonyl (C=O) groups is 3. The minimum atomic E-state index is -0.772. The number of amides is 3. The molecule has 1 heterocycles. The second-order valence-corrected chi connectivity index (χ2v) is 5.22. The maximum Gasteiger partial charge on any atom is 0.259 e. The van der Waals surface area contributed by atoms with E-state index in [1.165, 1.54) is 12.1 Å². The van der Waals surface area contributed by atoms with Gasteiger partial charge in [-0.25, -0.2) is 4.39 Å². The molecule has 106 valence electrons. The van der Waals surface area contributed by atoms with Gasteiger partial charge in [-0.1, -0.05) is 13.0 Å². The molecule has 1 unspecified atom stereocenters. The Morgan fingerprint density at radius 1 is 1.50 bits per heavy atom. The van der Waals surface area contributed by atoms with E-state index in [4.69, 9.17) is 0 Å². The predicted octanol–water partition coefficient (Wildman–Crippen LogP) is 1.47. The van der Waals surface area contributed by atoms with Crippen LogP contribution >= 0.6 is 15.9 Å². The maximum atomic E-state index is 13.8. The van der Waals surface area contributed by atoms with E-state index in [1.54, 1.807) is 6.92 Å². The van der Waals surface area contributed by atoms with Crippen LogP contribution in [0.3, 0.4) is 0 Å². The molecule has 1 saturated heterocycles. The van der Waals surface area contributed by atoms with Gasteiger partial charge < -0.3 is 4.90 Å². The smallest absolute Gasteiger partial charge is 0.259 e. The van der Waals surface area contributed by atoms with Crippen molar-refractivity contribution in [1.29, 1.82) is 0 Å². The van der Waals surface area contributed by atoms with Crippen LogP contribution in [0.4, 0.5) is 4.39 Å². The summed E-state index contributed by atoms with van der Waals surface area (Å²) < 4.78 is 14.1. The third-order valence-corrected chi connectivity index (χ3v) is 3.74. The van der Waals surface area contributed by atoms with Gasteiger partial charge in [0.1, 0.15) is 18.4 Å². The van der Waals surface area contributed by atoms with Crippen molar-refractivity contribution in [1.82, 2.24) is 10.2 Å². The molecule has 0 spiro atoms. The number of nitrogens with one attached hydrogen (secondary N) is 1. The Morgan fingerprint density at radius 3 is 2.80 bits per heavy atom. The van der Waals surface area contributed by atoms with Crippen LogP contribution in [0, 0.1) is 5.82 Å². The highest BCUT2D eigenvalue weighted by molar-refractivity contribution is 9.10. The van der Waals surface area contributed by atoms with Crippen LogP contribution in [-0.4, -0.2) is 35.2 Å². The second kappa shape index (κ2) is 5.70. The van der Waals surface area contributed by atoms with Crippen molar-refractivity contribution in [2.45, 2.75) is 19.4 Å². The molecule has 0 radical (unpaired) electrons. The first kappa shape index (κ1) is 14.6. The summed E-state index contributed by atoms with van der Waals surface area (Å²) in [7, 11) is 0. The van der Waals surface area contributed by atoms with Crippen molar-refractivity contribution in [2.75, 3.05) is 6.54 Å². The molecule has 0 bridgehead atoms. The number of hydrogen-bond acceptors (Lipinski definition) is 3. The lowest BCUT2D eigenvalue weighted by molar-refractivity contribution is -0.138. The van der Waals surface area contributed by atoms with Gasteiger partial charge in [0, 0.05) is 4.47 Å². The molecule has 0 aliphatic carbocycles. The lowest BCUT2D eigenvalue weighted by Gasteiger charge is -2.33. The molecule has 1 aliphatic rings. The second-order valence-electron chi connectivity index (χ2n) is 4.37. The maximum absolute atomic E-state index is 13.8. The molecule has 20 heavy (non-hydrogen) atoms. The monoisotopic (exact) mass is 342 g/mol. The van der Waals surface area contributed by atoms with Crippen molar-refractivity contribution in [3.05, 3.63) is 34.1 Å². The summed E-state index contributed by atoms with van der Waals surface area (Å²) in [6.07, 6.45) is 0.344. The number of halogens is 2. The Bertz CT molecular complexity index is 571. The minimum Gasteiger partial charge on any atom is -0.317 e. The van der Waals surface area contributed by atoms with Gasteiger partial charge in [-0.15, -0.1) is 0 Å². The third-order valence-electron chi connectivity index (χ3n) is 3.08. The van der Waals surface area contributed by atoms with Crippen LogP contribution in [0.15, 0.2) is 22.7 Å². The Morgan fingerprint density at radius 2 is 2.20 bits per heavy atom. The van der Waals surface area contributed by atoms with E-state index in [0.29, 0.717) is 6.42 Å². The van der Waals surface area contributed by atoms with E-state index >= 15 is 0 Å². The zero-order valence-electron chi connectivity index (χ0n) is 10.7. The zero-order valence-corrected chi connectivity index (χ0v) is 12.2. The Hall–Kier alpha value is -1.76. The summed E-state index contributed by atoms with van der Waals surface area (Å²) in [6, 6.07) is 3.38. The predicted molar refractivity (Wildman–Crippen MR) is 72.4 cm³/mol. The van der Waals surface area contributed by atoms with Gasteiger partial charge in [-0.05, 0) is 34.5 Å². The van der Waals surface area contributed by atoms with Gasteiger partial charge in [0.05, 0.1) is 5.56 Å². The first-order chi connectivity index (χ1) is 9.45. The summed E-state index contributed by atoms with van der Waals surface area (Å²) in [4.78, 5) is 36.7. The average molecular weight is 343 g/mol. The fraction of sp³-hybridized carbons (Fsp3) is 0.308. The number of piperazine rings is 1. The van der Waals surface area contributed by atoms with Gasteiger partial charge in [0.15, 0.2) is 0 Å². The molecule has 2 rings (SSSR count). The summed E-state index contributed by atoms with van der Waals surface area (Å²) in [6.45, 7) is 1.46. The fourth-order valence-electron chi connectivity index (χ4n) is 2.13. The number of rotatable bonds is 2. The molecule has 1 aliphatic heterocycles. The van der Waals surface area contributed by atoms with Crippen LogP contribution in [-0.2, 0) is 9.59 Å². The Kier molecular flexibility index (Phi) is 4.17. The van der Waals surface area contributed by atoms with Crippen molar-refractivity contribution in [3.8, 4) is 0 Å². The van der Waals surface area contributed by atoms with Crippen LogP contribution in [0.1, 0.15) is 23.7 Å². The third kappa shape index (κ3) is 2.58. The van der Waals surface area contributed by atoms with E-state index in [1.807, 2.05) is 0 Å². The lowest BCUT2D eigenvalue weighted by Crippen LogP contribution is -2.59. The molecule has 3 amide bonds. The molecular formula is C13H12BrFN2O3. The molecule has 1 fully saturated rings. The van der Waals surface area contributed by atoms with Gasteiger partial charge in [0.2, 0.25) is 11.8 Å². The van der Waals surface area contributed by atoms with Crippen molar-refractivity contribution >= 4 is 33.7 Å². The highest BCUT2D eigenvalue weighted by atomic mass is 79.9. The van der Waals surface area contributed by atoms with Crippen molar-refractivity contribution in [3.63, 3.8) is 0 Å². The van der Waals surface area contributed by atoms with Crippen LogP contribution in [0.2, 0.25) is 0 Å². The topological polar surface area (TPSA) is 66.5 Å². The molecule has 1 aromatic carbocycles. The normalized spacial score (nSPS) is 18.9. The van der Waals surface area contributed by atoms with Gasteiger partial charge >= 0.3 is 0 Å².